The highest BCUT2D eigenvalue weighted by Crippen LogP contribution is 2.14. The van der Waals surface area contributed by atoms with Crippen molar-refractivity contribution >= 4 is 27.5 Å². The summed E-state index contributed by atoms with van der Waals surface area (Å²) in [6.07, 6.45) is 0. The van der Waals surface area contributed by atoms with E-state index in [0.29, 0.717) is 6.54 Å². The first-order valence-corrected chi connectivity index (χ1v) is 9.12. The van der Waals surface area contributed by atoms with Crippen LogP contribution in [0.5, 0.6) is 0 Å². The summed E-state index contributed by atoms with van der Waals surface area (Å²) >= 11 is 3.38. The zero-order valence-electron chi connectivity index (χ0n) is 13.9. The summed E-state index contributed by atoms with van der Waals surface area (Å²) in [5, 5.41) is 2.92. The van der Waals surface area contributed by atoms with E-state index in [1.54, 1.807) is 0 Å². The maximum atomic E-state index is 13.0. The predicted octanol–water partition coefficient (Wildman–Crippen LogP) is 3.34. The molecule has 25 heavy (non-hydrogen) atoms. The normalized spacial score (nSPS) is 15.9. The Bertz CT molecular complexity index is 698. The highest BCUT2D eigenvalue weighted by molar-refractivity contribution is 9.10. The minimum Gasteiger partial charge on any atom is -0.325 e. The monoisotopic (exact) mass is 405 g/mol. The maximum absolute atomic E-state index is 13.0. The van der Waals surface area contributed by atoms with E-state index in [9.17, 15) is 9.18 Å². The van der Waals surface area contributed by atoms with Gasteiger partial charge in [0.2, 0.25) is 5.91 Å². The van der Waals surface area contributed by atoms with E-state index in [1.807, 2.05) is 36.4 Å². The van der Waals surface area contributed by atoms with Gasteiger partial charge in [-0.1, -0.05) is 28.1 Å². The number of carbonyl (C=O) groups is 1. The van der Waals surface area contributed by atoms with Crippen LogP contribution in [0.4, 0.5) is 10.1 Å². The molecule has 6 heteroatoms. The summed E-state index contributed by atoms with van der Waals surface area (Å²) in [5.41, 5.74) is 1.92. The Labute approximate surface area is 155 Å². The number of halogens is 2. The molecule has 0 saturated carbocycles. The Morgan fingerprint density at radius 1 is 0.960 bits per heavy atom. The second-order valence-corrected chi connectivity index (χ2v) is 7.15. The summed E-state index contributed by atoms with van der Waals surface area (Å²) in [4.78, 5) is 16.6. The first kappa shape index (κ1) is 18.0. The molecule has 1 amide bonds. The number of hydrogen-bond donors (Lipinski definition) is 1. The van der Waals surface area contributed by atoms with E-state index >= 15 is 0 Å². The Morgan fingerprint density at radius 3 is 2.20 bits per heavy atom. The number of rotatable bonds is 5. The zero-order chi connectivity index (χ0) is 17.6. The molecule has 1 aliphatic heterocycles. The van der Waals surface area contributed by atoms with E-state index < -0.39 is 0 Å². The third kappa shape index (κ3) is 5.63. The first-order valence-electron chi connectivity index (χ1n) is 8.33. The van der Waals surface area contributed by atoms with E-state index in [4.69, 9.17) is 0 Å². The van der Waals surface area contributed by atoms with Crippen LogP contribution in [0.25, 0.3) is 0 Å². The lowest BCUT2D eigenvalue weighted by Crippen LogP contribution is -2.48. The molecule has 4 nitrogen and oxygen atoms in total. The predicted molar refractivity (Wildman–Crippen MR) is 101 cm³/mol. The fourth-order valence-corrected chi connectivity index (χ4v) is 3.15. The molecular weight excluding hydrogens is 385 g/mol. The highest BCUT2D eigenvalue weighted by Gasteiger charge is 2.19. The summed E-state index contributed by atoms with van der Waals surface area (Å²) < 4.78 is 13.9. The number of nitrogens with one attached hydrogen (secondary N) is 1. The van der Waals surface area contributed by atoms with Crippen LogP contribution in [-0.2, 0) is 11.3 Å². The highest BCUT2D eigenvalue weighted by atomic mass is 79.9. The molecule has 1 fully saturated rings. The van der Waals surface area contributed by atoms with Gasteiger partial charge in [-0.2, -0.15) is 0 Å². The van der Waals surface area contributed by atoms with Crippen molar-refractivity contribution in [2.45, 2.75) is 6.54 Å². The van der Waals surface area contributed by atoms with Crippen LogP contribution in [0, 0.1) is 5.82 Å². The van der Waals surface area contributed by atoms with Gasteiger partial charge in [0, 0.05) is 42.9 Å². The maximum Gasteiger partial charge on any atom is 0.238 e. The Balaban J connectivity index is 1.42. The van der Waals surface area contributed by atoms with Gasteiger partial charge < -0.3 is 5.32 Å². The number of hydrogen-bond acceptors (Lipinski definition) is 3. The van der Waals surface area contributed by atoms with Crippen molar-refractivity contribution in [3.63, 3.8) is 0 Å². The number of benzene rings is 2. The van der Waals surface area contributed by atoms with Crippen molar-refractivity contribution in [1.29, 1.82) is 0 Å². The average Bonchev–Trinajstić information content (AvgIpc) is 2.61. The van der Waals surface area contributed by atoms with Crippen molar-refractivity contribution in [3.8, 4) is 0 Å². The topological polar surface area (TPSA) is 35.6 Å². The standard InChI is InChI=1S/C19H21BrFN3O/c20-16-3-7-18(8-4-16)22-19(25)14-24-11-9-23(10-12-24)13-15-1-5-17(21)6-2-15/h1-8H,9-14H2,(H,22,25). The van der Waals surface area contributed by atoms with E-state index in [0.717, 1.165) is 48.4 Å². The minimum atomic E-state index is -0.203. The molecule has 2 aromatic rings. The molecule has 0 atom stereocenters. The van der Waals surface area contributed by atoms with Crippen LogP contribution in [0.3, 0.4) is 0 Å². The molecule has 132 valence electrons. The third-order valence-electron chi connectivity index (χ3n) is 4.28. The van der Waals surface area contributed by atoms with Gasteiger partial charge in [-0.05, 0) is 42.0 Å². The van der Waals surface area contributed by atoms with Gasteiger partial charge in [0.15, 0.2) is 0 Å². The number of amides is 1. The average molecular weight is 406 g/mol. The summed E-state index contributed by atoms with van der Waals surface area (Å²) in [6.45, 7) is 4.75. The van der Waals surface area contributed by atoms with Crippen LogP contribution >= 0.6 is 15.9 Å². The van der Waals surface area contributed by atoms with Gasteiger partial charge in [-0.25, -0.2) is 4.39 Å². The molecule has 0 bridgehead atoms. The third-order valence-corrected chi connectivity index (χ3v) is 4.81. The molecule has 2 aromatic carbocycles. The summed E-state index contributed by atoms with van der Waals surface area (Å²) in [5.74, 6) is -0.195. The van der Waals surface area contributed by atoms with Crippen molar-refractivity contribution in [2.24, 2.45) is 0 Å². The first-order chi connectivity index (χ1) is 12.1. The van der Waals surface area contributed by atoms with E-state index in [-0.39, 0.29) is 11.7 Å². The fraction of sp³-hybridized carbons (Fsp3) is 0.316. The van der Waals surface area contributed by atoms with Crippen molar-refractivity contribution in [3.05, 3.63) is 64.4 Å². The zero-order valence-corrected chi connectivity index (χ0v) is 15.5. The van der Waals surface area contributed by atoms with Gasteiger partial charge in [0.05, 0.1) is 6.54 Å². The molecule has 1 N–H and O–H groups in total. The number of piperazine rings is 1. The summed E-state index contributed by atoms with van der Waals surface area (Å²) in [7, 11) is 0. The van der Waals surface area contributed by atoms with Crippen LogP contribution in [0.1, 0.15) is 5.56 Å². The molecule has 1 heterocycles. The van der Waals surface area contributed by atoms with Gasteiger partial charge >= 0.3 is 0 Å². The van der Waals surface area contributed by atoms with Gasteiger partial charge in [-0.3, -0.25) is 14.6 Å². The molecule has 0 unspecified atom stereocenters. The fourth-order valence-electron chi connectivity index (χ4n) is 2.89. The molecule has 1 aliphatic rings. The SMILES string of the molecule is O=C(CN1CCN(Cc2ccc(F)cc2)CC1)Nc1ccc(Br)cc1. The van der Waals surface area contributed by atoms with Crippen LogP contribution in [0.2, 0.25) is 0 Å². The number of nitrogens with zero attached hydrogens (tertiary/aromatic N) is 2. The van der Waals surface area contributed by atoms with Gasteiger partial charge in [0.25, 0.3) is 0 Å². The molecule has 0 aromatic heterocycles. The lowest BCUT2D eigenvalue weighted by molar-refractivity contribution is -0.117. The van der Waals surface area contributed by atoms with Crippen LogP contribution < -0.4 is 5.32 Å². The number of anilines is 1. The van der Waals surface area contributed by atoms with Gasteiger partial charge in [0.1, 0.15) is 5.82 Å². The van der Waals surface area contributed by atoms with Crippen molar-refractivity contribution in [1.82, 2.24) is 9.80 Å². The lowest BCUT2D eigenvalue weighted by Gasteiger charge is -2.34. The van der Waals surface area contributed by atoms with Gasteiger partial charge in [-0.15, -0.1) is 0 Å². The van der Waals surface area contributed by atoms with Crippen LogP contribution in [0.15, 0.2) is 53.0 Å². The van der Waals surface area contributed by atoms with Crippen LogP contribution in [-0.4, -0.2) is 48.4 Å². The molecule has 0 aliphatic carbocycles. The van der Waals surface area contributed by atoms with E-state index in [2.05, 4.69) is 31.0 Å². The Hall–Kier alpha value is -1.76. The Morgan fingerprint density at radius 2 is 1.56 bits per heavy atom. The smallest absolute Gasteiger partial charge is 0.238 e. The lowest BCUT2D eigenvalue weighted by atomic mass is 10.2. The Kier molecular flexibility index (Phi) is 6.18. The van der Waals surface area contributed by atoms with E-state index in [1.165, 1.54) is 12.1 Å². The van der Waals surface area contributed by atoms with Crippen molar-refractivity contribution in [2.75, 3.05) is 38.0 Å². The molecular formula is C19H21BrFN3O. The molecule has 0 spiro atoms. The molecule has 3 rings (SSSR count). The molecule has 1 saturated heterocycles. The second-order valence-electron chi connectivity index (χ2n) is 6.23. The second kappa shape index (κ2) is 8.56. The quantitative estimate of drug-likeness (QED) is 0.828. The summed E-state index contributed by atoms with van der Waals surface area (Å²) in [6, 6.07) is 14.2. The number of carbonyl (C=O) groups excluding carboxylic acids is 1. The van der Waals surface area contributed by atoms with Crippen molar-refractivity contribution < 1.29 is 9.18 Å². The largest absolute Gasteiger partial charge is 0.325 e. The molecule has 0 radical (unpaired) electrons. The minimum absolute atomic E-state index is 0.00862.